The van der Waals surface area contributed by atoms with E-state index >= 15 is 0 Å². The maximum atomic E-state index is 4.74. The second kappa shape index (κ2) is 57.2. The Bertz CT molecular complexity index is 149. The van der Waals surface area contributed by atoms with E-state index in [4.69, 9.17) is 4.74 Å². The molecule has 0 unspecified atom stereocenters. The summed E-state index contributed by atoms with van der Waals surface area (Å²) in [5, 5.41) is 0. The van der Waals surface area contributed by atoms with E-state index in [-0.39, 0.29) is 110 Å². The number of hydrogen-bond donors (Lipinski definition) is 0. The molecule has 0 amide bonds. The Morgan fingerprint density at radius 1 is 1.04 bits per heavy atom. The van der Waals surface area contributed by atoms with Crippen LogP contribution >= 0.6 is 90.4 Å². The molecule has 0 aliphatic rings. The Morgan fingerprint density at radius 3 is 1.40 bits per heavy atom. The van der Waals surface area contributed by atoms with Crippen LogP contribution in [-0.4, -0.2) is 17.6 Å². The molecule has 0 spiro atoms. The first-order valence-electron chi connectivity index (χ1n) is 7.55. The fraction of sp³-hybridized carbons (Fsp3) is 0.778. The first kappa shape index (κ1) is 52.7. The molecule has 0 fully saturated rings. The molecule has 148 valence electrons. The Kier molecular flexibility index (Phi) is 120. The van der Waals surface area contributed by atoms with Gasteiger partial charge in [0.15, 0.2) is 0 Å². The summed E-state index contributed by atoms with van der Waals surface area (Å²) in [5.74, 6) is 0. The van der Waals surface area contributed by atoms with Gasteiger partial charge in [-0.3, -0.25) is 0 Å². The van der Waals surface area contributed by atoms with Crippen LogP contribution in [0.15, 0.2) is 12.7 Å². The number of alkyl halides is 4. The third-order valence-electron chi connectivity index (χ3n) is 1.26. The summed E-state index contributed by atoms with van der Waals surface area (Å²) in [4.78, 5) is 0. The average Bonchev–Trinajstić information content (AvgIpc) is 2.45. The van der Waals surface area contributed by atoms with Crippen molar-refractivity contribution < 1.29 is 108 Å². The molecule has 0 bridgehead atoms. The molecule has 0 aliphatic carbocycles. The summed E-state index contributed by atoms with van der Waals surface area (Å²) in [6, 6.07) is 0. The number of ether oxygens (including phenoxy) is 1. The maximum absolute atomic E-state index is 4.74. The fourth-order valence-corrected chi connectivity index (χ4v) is 0.535. The topological polar surface area (TPSA) is 9.23 Å². The minimum Gasteiger partial charge on any atom is -0.385 e. The minimum atomic E-state index is 0. The molecule has 0 saturated heterocycles. The zero-order chi connectivity index (χ0) is 18.9. The van der Waals surface area contributed by atoms with Crippen LogP contribution in [0.25, 0.3) is 0 Å². The van der Waals surface area contributed by atoms with Crippen molar-refractivity contribution in [3.8, 4) is 0 Å². The molecule has 0 aromatic carbocycles. The van der Waals surface area contributed by atoms with E-state index < -0.39 is 0 Å². The van der Waals surface area contributed by atoms with Crippen molar-refractivity contribution in [1.29, 1.82) is 0 Å². The summed E-state index contributed by atoms with van der Waals surface area (Å²) in [7, 11) is 1.70. The number of rotatable bonds is 6. The molecular weight excluding hydrogens is 818 g/mol. The monoisotopic (exact) mass is 858 g/mol. The molecule has 0 heterocycles. The van der Waals surface area contributed by atoms with Gasteiger partial charge in [0.05, 0.1) is 0 Å². The van der Waals surface area contributed by atoms with Crippen LogP contribution in [0, 0.1) is 13.8 Å². The zero-order valence-electron chi connectivity index (χ0n) is 17.1. The van der Waals surface area contributed by atoms with E-state index in [1.54, 1.807) is 7.11 Å². The van der Waals surface area contributed by atoms with Gasteiger partial charge in [-0.05, 0) is 17.8 Å². The third kappa shape index (κ3) is 164. The predicted octanol–water partition coefficient (Wildman–Crippen LogP) is 3.50. The van der Waals surface area contributed by atoms with Crippen LogP contribution in [-0.2, 0) is 4.74 Å². The molecule has 0 radical (unpaired) electrons. The number of halogens is 4. The Morgan fingerprint density at radius 2 is 1.32 bits per heavy atom. The normalized spacial score (nSPS) is 7.48. The number of hydrogen-bond acceptors (Lipinski definition) is 1. The van der Waals surface area contributed by atoms with E-state index in [1.807, 2.05) is 19.9 Å². The Labute approximate surface area is 301 Å². The van der Waals surface area contributed by atoms with Gasteiger partial charge in [-0.15, -0.1) is 6.58 Å². The average molecular weight is 858 g/mol. The first-order valence-corrected chi connectivity index (χ1v) is 12.3. The van der Waals surface area contributed by atoms with Crippen molar-refractivity contribution in [2.75, 3.05) is 18.1 Å². The first-order chi connectivity index (χ1) is 10.2. The minimum absolute atomic E-state index is 0. The number of allylic oxidation sites excluding steroid dienone is 1. The van der Waals surface area contributed by atoms with E-state index in [9.17, 15) is 0 Å². The zero-order valence-corrected chi connectivity index (χ0v) is 31.9. The smallest absolute Gasteiger partial charge is 0.385 e. The molecule has 0 rings (SSSR count). The fourth-order valence-electron chi connectivity index (χ4n) is 0.535. The van der Waals surface area contributed by atoms with Gasteiger partial charge < -0.3 is 18.6 Å². The van der Waals surface area contributed by atoms with E-state index in [2.05, 4.69) is 125 Å². The van der Waals surface area contributed by atoms with Gasteiger partial charge >= 0.3 is 103 Å². The molecule has 7 heteroatoms. The molecule has 0 aromatic heterocycles. The second-order valence-electron chi connectivity index (χ2n) is 3.53. The molecule has 25 heavy (non-hydrogen) atoms. The number of unbranched alkanes of at least 4 members (excludes halogenated alkanes) is 3. The molecule has 1 nitrogen and oxygen atoms in total. The maximum Gasteiger partial charge on any atom is 1.00 e. The molecule has 0 aromatic rings. The van der Waals surface area contributed by atoms with Crippen molar-refractivity contribution in [2.24, 2.45) is 0 Å². The predicted molar refractivity (Wildman–Crippen MR) is 149 cm³/mol. The second-order valence-corrected chi connectivity index (χ2v) is 17.7. The van der Waals surface area contributed by atoms with Crippen LogP contribution in [0.3, 0.4) is 0 Å². The Hall–Kier alpha value is 5.89. The van der Waals surface area contributed by atoms with Crippen molar-refractivity contribution >= 4 is 90.4 Å². The summed E-state index contributed by atoms with van der Waals surface area (Å²) in [6.07, 6.45) is 7.31. The van der Waals surface area contributed by atoms with E-state index in [0.29, 0.717) is -0.565 Å². The van der Waals surface area contributed by atoms with Gasteiger partial charge in [0, 0.05) is 13.7 Å². The summed E-state index contributed by atoms with van der Waals surface area (Å²) >= 11 is 9.34. The summed E-state index contributed by atoms with van der Waals surface area (Å²) in [5.41, 5.74) is 0. The SMILES string of the molecule is C.C=CCCC[CH2-].CC.CC(I)(I)I.CCI.[CH2-]CCCOC.[K+].[K+]. The van der Waals surface area contributed by atoms with Crippen molar-refractivity contribution in [1.82, 2.24) is 0 Å². The largest absolute Gasteiger partial charge is 1.00 e. The van der Waals surface area contributed by atoms with E-state index in [0.717, 1.165) is 32.3 Å². The molecular formula is C18H40I4K2O. The van der Waals surface area contributed by atoms with Crippen LogP contribution in [0.2, 0.25) is 0 Å². The van der Waals surface area contributed by atoms with Crippen LogP contribution in [0.4, 0.5) is 0 Å². The summed E-state index contributed by atoms with van der Waals surface area (Å²) < 4.78 is 6.37. The van der Waals surface area contributed by atoms with Crippen molar-refractivity contribution in [2.45, 2.75) is 66.7 Å². The van der Waals surface area contributed by atoms with Gasteiger partial charge in [-0.1, -0.05) is 137 Å². The van der Waals surface area contributed by atoms with Gasteiger partial charge in [0.2, 0.25) is 0 Å². The molecule has 0 N–H and O–H groups in total. The van der Waals surface area contributed by atoms with Crippen LogP contribution in [0.5, 0.6) is 0 Å². The molecule has 0 aliphatic heterocycles. The third-order valence-corrected chi connectivity index (χ3v) is 1.26. The standard InChI is InChI=1S/C6H11.C5H11O.C2H3I3.C2H5I.C2H6.CH4.2K/c1-3-5-6-4-2;1-3-4-5-6-2;1-2(3,4)5;1-2-3;1-2;;;/h3H,1-2,4-6H2;1,3-5H2,2H3;1H3;2H2,1H3;1-2H3;1H4;;/q2*-1;;;;;2*+1. The van der Waals surface area contributed by atoms with Gasteiger partial charge in [0.1, 0.15) is -0.565 Å². The number of methoxy groups -OCH3 is 1. The van der Waals surface area contributed by atoms with Gasteiger partial charge in [-0.2, -0.15) is 12.8 Å². The van der Waals surface area contributed by atoms with E-state index in [1.165, 1.54) is 10.8 Å². The summed E-state index contributed by atoms with van der Waals surface area (Å²) in [6.45, 7) is 20.0. The van der Waals surface area contributed by atoms with Crippen LogP contribution < -0.4 is 103 Å². The van der Waals surface area contributed by atoms with Gasteiger partial charge in [0.25, 0.3) is 0 Å². The molecule has 0 saturated carbocycles. The quantitative estimate of drug-likeness (QED) is 0.0995. The van der Waals surface area contributed by atoms with Crippen molar-refractivity contribution in [3.63, 3.8) is 0 Å². The van der Waals surface area contributed by atoms with Crippen molar-refractivity contribution in [3.05, 3.63) is 26.5 Å². The van der Waals surface area contributed by atoms with Gasteiger partial charge in [-0.25, -0.2) is 0 Å². The van der Waals surface area contributed by atoms with Crippen LogP contribution in [0.1, 0.15) is 67.2 Å². The molecule has 0 atom stereocenters. The Balaban J connectivity index is -0.0000000244.